The van der Waals surface area contributed by atoms with Crippen molar-refractivity contribution in [1.29, 1.82) is 0 Å². The van der Waals surface area contributed by atoms with Crippen LogP contribution in [-0.4, -0.2) is 24.0 Å². The normalized spacial score (nSPS) is 10.9. The van der Waals surface area contributed by atoms with Crippen molar-refractivity contribution in [3.8, 4) is 0 Å². The summed E-state index contributed by atoms with van der Waals surface area (Å²) in [6, 6.07) is 9.33. The lowest BCUT2D eigenvalue weighted by molar-refractivity contribution is -0.199. The van der Waals surface area contributed by atoms with E-state index in [1.54, 1.807) is 20.8 Å². The summed E-state index contributed by atoms with van der Waals surface area (Å²) in [7, 11) is 1.45. The quantitative estimate of drug-likeness (QED) is 0.755. The molecule has 0 bridgehead atoms. The molecule has 0 atom stereocenters. The zero-order valence-corrected chi connectivity index (χ0v) is 11.3. The van der Waals surface area contributed by atoms with Gasteiger partial charge in [0.1, 0.15) is 0 Å². The molecule has 18 heavy (non-hydrogen) atoms. The Balaban J connectivity index is 2.55. The van der Waals surface area contributed by atoms with Crippen LogP contribution < -0.4 is 0 Å². The van der Waals surface area contributed by atoms with Gasteiger partial charge in [-0.1, -0.05) is 30.3 Å². The van der Waals surface area contributed by atoms with Crippen molar-refractivity contribution in [2.24, 2.45) is 5.41 Å². The number of rotatable bonds is 2. The van der Waals surface area contributed by atoms with Gasteiger partial charge in [-0.25, -0.2) is 4.79 Å². The molecule has 0 unspecified atom stereocenters. The standard InChI is InChI=1S/C14H19NO3/c1-14(2,3)13(17)18-15(4)12(16)10-11-8-6-5-7-9-11/h5-9H,10H2,1-4H3. The summed E-state index contributed by atoms with van der Waals surface area (Å²) in [5, 5.41) is 1.00. The molecule has 0 heterocycles. The third kappa shape index (κ3) is 4.20. The number of carbonyl (C=O) groups excluding carboxylic acids is 2. The second-order valence-electron chi connectivity index (χ2n) is 5.18. The molecule has 1 aromatic rings. The van der Waals surface area contributed by atoms with Gasteiger partial charge in [0, 0.05) is 7.05 Å². The molecule has 0 N–H and O–H groups in total. The van der Waals surface area contributed by atoms with E-state index in [2.05, 4.69) is 0 Å². The zero-order valence-electron chi connectivity index (χ0n) is 11.3. The highest BCUT2D eigenvalue weighted by molar-refractivity contribution is 5.81. The first-order valence-corrected chi connectivity index (χ1v) is 5.83. The molecule has 98 valence electrons. The minimum atomic E-state index is -0.624. The molecule has 0 aliphatic rings. The molecule has 0 fully saturated rings. The lowest BCUT2D eigenvalue weighted by Crippen LogP contribution is -2.35. The van der Waals surface area contributed by atoms with Gasteiger partial charge in [0.15, 0.2) is 0 Å². The van der Waals surface area contributed by atoms with Crippen molar-refractivity contribution in [3.05, 3.63) is 35.9 Å². The van der Waals surface area contributed by atoms with E-state index in [0.717, 1.165) is 10.6 Å². The van der Waals surface area contributed by atoms with Crippen molar-refractivity contribution in [2.75, 3.05) is 7.05 Å². The average molecular weight is 249 g/mol. The van der Waals surface area contributed by atoms with E-state index in [1.807, 2.05) is 30.3 Å². The third-order valence-corrected chi connectivity index (χ3v) is 2.38. The van der Waals surface area contributed by atoms with E-state index in [-0.39, 0.29) is 12.3 Å². The minimum Gasteiger partial charge on any atom is -0.338 e. The van der Waals surface area contributed by atoms with Crippen LogP contribution in [0.3, 0.4) is 0 Å². The van der Waals surface area contributed by atoms with Crippen LogP contribution >= 0.6 is 0 Å². The predicted octanol–water partition coefficient (Wildman–Crippen LogP) is 2.19. The van der Waals surface area contributed by atoms with Gasteiger partial charge in [0.05, 0.1) is 11.8 Å². The largest absolute Gasteiger partial charge is 0.338 e. The van der Waals surface area contributed by atoms with Gasteiger partial charge in [-0.2, -0.15) is 5.06 Å². The summed E-state index contributed by atoms with van der Waals surface area (Å²) in [6.07, 6.45) is 0.217. The van der Waals surface area contributed by atoms with Gasteiger partial charge in [-0.3, -0.25) is 4.79 Å². The van der Waals surface area contributed by atoms with Crippen LogP contribution in [0.5, 0.6) is 0 Å². The number of hydrogen-bond donors (Lipinski definition) is 0. The number of carbonyl (C=O) groups is 2. The van der Waals surface area contributed by atoms with Crippen LogP contribution in [0.1, 0.15) is 26.3 Å². The number of nitrogens with zero attached hydrogens (tertiary/aromatic N) is 1. The van der Waals surface area contributed by atoms with Crippen molar-refractivity contribution < 1.29 is 14.4 Å². The molecule has 0 radical (unpaired) electrons. The van der Waals surface area contributed by atoms with E-state index in [1.165, 1.54) is 7.05 Å². The van der Waals surface area contributed by atoms with Crippen LogP contribution in [0.4, 0.5) is 0 Å². The Morgan fingerprint density at radius 2 is 1.72 bits per heavy atom. The van der Waals surface area contributed by atoms with Crippen LogP contribution in [0.15, 0.2) is 30.3 Å². The number of benzene rings is 1. The Kier molecular flexibility index (Phi) is 4.48. The smallest absolute Gasteiger partial charge is 0.337 e. The van der Waals surface area contributed by atoms with E-state index in [9.17, 15) is 9.59 Å². The lowest BCUT2D eigenvalue weighted by atomic mass is 9.98. The first kappa shape index (κ1) is 14.2. The highest BCUT2D eigenvalue weighted by Crippen LogP contribution is 2.16. The summed E-state index contributed by atoms with van der Waals surface area (Å²) in [5.41, 5.74) is 0.266. The minimum absolute atomic E-state index is 0.217. The molecule has 0 saturated carbocycles. The van der Waals surface area contributed by atoms with Crippen molar-refractivity contribution in [2.45, 2.75) is 27.2 Å². The highest BCUT2D eigenvalue weighted by atomic mass is 16.7. The summed E-state index contributed by atoms with van der Waals surface area (Å²) in [6.45, 7) is 5.22. The molecular formula is C14H19NO3. The fourth-order valence-corrected chi connectivity index (χ4v) is 1.19. The van der Waals surface area contributed by atoms with E-state index >= 15 is 0 Å². The SMILES string of the molecule is CN(OC(=O)C(C)(C)C)C(=O)Cc1ccccc1. The molecule has 4 heteroatoms. The predicted molar refractivity (Wildman–Crippen MR) is 68.5 cm³/mol. The fourth-order valence-electron chi connectivity index (χ4n) is 1.19. The fraction of sp³-hybridized carbons (Fsp3) is 0.429. The maximum absolute atomic E-state index is 11.8. The van der Waals surface area contributed by atoms with Crippen LogP contribution in [0.25, 0.3) is 0 Å². The van der Waals surface area contributed by atoms with Crippen LogP contribution in [0, 0.1) is 5.41 Å². The van der Waals surface area contributed by atoms with E-state index in [4.69, 9.17) is 4.84 Å². The highest BCUT2D eigenvalue weighted by Gasteiger charge is 2.26. The summed E-state index contributed by atoms with van der Waals surface area (Å²) in [4.78, 5) is 28.4. The number of amides is 1. The van der Waals surface area contributed by atoms with Crippen LogP contribution in [-0.2, 0) is 20.8 Å². The van der Waals surface area contributed by atoms with Gasteiger partial charge in [0.25, 0.3) is 5.91 Å². The molecule has 1 amide bonds. The first-order valence-electron chi connectivity index (χ1n) is 5.83. The Morgan fingerprint density at radius 3 is 2.22 bits per heavy atom. The van der Waals surface area contributed by atoms with Crippen molar-refractivity contribution in [1.82, 2.24) is 5.06 Å². The van der Waals surface area contributed by atoms with E-state index < -0.39 is 11.4 Å². The lowest BCUT2D eigenvalue weighted by Gasteiger charge is -2.22. The molecular weight excluding hydrogens is 230 g/mol. The Bertz CT molecular complexity index is 420. The maximum Gasteiger partial charge on any atom is 0.337 e. The maximum atomic E-state index is 11.8. The summed E-state index contributed by atoms with van der Waals surface area (Å²) < 4.78 is 0. The second-order valence-corrected chi connectivity index (χ2v) is 5.18. The molecule has 0 spiro atoms. The topological polar surface area (TPSA) is 46.6 Å². The number of hydroxylamine groups is 2. The molecule has 1 rings (SSSR count). The molecule has 0 aliphatic heterocycles. The Hall–Kier alpha value is -1.84. The van der Waals surface area contributed by atoms with Gasteiger partial charge in [-0.05, 0) is 26.3 Å². The second kappa shape index (κ2) is 5.67. The third-order valence-electron chi connectivity index (χ3n) is 2.38. The number of likely N-dealkylation sites (N-methyl/N-ethyl adjacent to an activating group) is 1. The molecule has 1 aromatic carbocycles. The first-order chi connectivity index (χ1) is 8.30. The van der Waals surface area contributed by atoms with E-state index in [0.29, 0.717) is 0 Å². The molecule has 0 aromatic heterocycles. The van der Waals surface area contributed by atoms with Gasteiger partial charge in [-0.15, -0.1) is 0 Å². The Labute approximate surface area is 108 Å². The average Bonchev–Trinajstić information content (AvgIpc) is 2.28. The van der Waals surface area contributed by atoms with Gasteiger partial charge in [0.2, 0.25) is 0 Å². The Morgan fingerprint density at radius 1 is 1.17 bits per heavy atom. The monoisotopic (exact) mass is 249 g/mol. The van der Waals surface area contributed by atoms with Crippen molar-refractivity contribution in [3.63, 3.8) is 0 Å². The molecule has 0 aliphatic carbocycles. The van der Waals surface area contributed by atoms with Crippen LogP contribution in [0.2, 0.25) is 0 Å². The molecule has 0 saturated heterocycles. The van der Waals surface area contributed by atoms with Crippen molar-refractivity contribution >= 4 is 11.9 Å². The zero-order chi connectivity index (χ0) is 13.8. The number of hydrogen-bond acceptors (Lipinski definition) is 3. The summed E-state index contributed by atoms with van der Waals surface area (Å²) >= 11 is 0. The summed E-state index contributed by atoms with van der Waals surface area (Å²) in [5.74, 6) is -0.676. The molecule has 4 nitrogen and oxygen atoms in total. The van der Waals surface area contributed by atoms with Gasteiger partial charge >= 0.3 is 5.97 Å². The van der Waals surface area contributed by atoms with Gasteiger partial charge < -0.3 is 4.84 Å².